The smallest absolute Gasteiger partial charge is 0.148 e. The van der Waals surface area contributed by atoms with Gasteiger partial charge in [-0.05, 0) is 12.1 Å². The van der Waals surface area contributed by atoms with Crippen LogP contribution in [0.5, 0.6) is 0 Å². The van der Waals surface area contributed by atoms with Gasteiger partial charge in [-0.1, -0.05) is 0 Å². The molecule has 0 aliphatic heterocycles. The van der Waals surface area contributed by atoms with Crippen LogP contribution in [0.15, 0.2) is 36.9 Å². The van der Waals surface area contributed by atoms with Gasteiger partial charge >= 0.3 is 0 Å². The summed E-state index contributed by atoms with van der Waals surface area (Å²) in [7, 11) is 0. The van der Waals surface area contributed by atoms with Crippen molar-refractivity contribution >= 4 is 11.5 Å². The minimum Gasteiger partial charge on any atom is -0.390 e. The van der Waals surface area contributed by atoms with Crippen LogP contribution in [0.1, 0.15) is 5.69 Å². The fourth-order valence-corrected chi connectivity index (χ4v) is 1.18. The molecule has 76 valence electrons. The van der Waals surface area contributed by atoms with Crippen molar-refractivity contribution in [2.75, 3.05) is 5.32 Å². The molecule has 2 aromatic rings. The SMILES string of the molecule is OCc1ncccc1Nc1cnccn1. The number of hydrogen-bond donors (Lipinski definition) is 2. The molecule has 2 N–H and O–H groups in total. The van der Waals surface area contributed by atoms with Crippen molar-refractivity contribution in [2.24, 2.45) is 0 Å². The molecule has 0 spiro atoms. The first-order valence-electron chi connectivity index (χ1n) is 4.48. The zero-order chi connectivity index (χ0) is 10.5. The lowest BCUT2D eigenvalue weighted by molar-refractivity contribution is 0.277. The highest BCUT2D eigenvalue weighted by Gasteiger charge is 2.02. The van der Waals surface area contributed by atoms with E-state index in [1.807, 2.05) is 6.07 Å². The van der Waals surface area contributed by atoms with Gasteiger partial charge in [0.1, 0.15) is 5.82 Å². The molecule has 5 nitrogen and oxygen atoms in total. The molecular weight excluding hydrogens is 192 g/mol. The van der Waals surface area contributed by atoms with E-state index < -0.39 is 0 Å². The Bertz CT molecular complexity index is 432. The molecule has 0 amide bonds. The predicted molar refractivity (Wildman–Crippen MR) is 55.5 cm³/mol. The Labute approximate surface area is 86.9 Å². The molecule has 0 aliphatic carbocycles. The molecule has 2 aromatic heterocycles. The number of aliphatic hydroxyl groups excluding tert-OH is 1. The molecule has 0 radical (unpaired) electrons. The van der Waals surface area contributed by atoms with Gasteiger partial charge in [-0.2, -0.15) is 0 Å². The molecule has 0 bridgehead atoms. The van der Waals surface area contributed by atoms with Crippen molar-refractivity contribution in [3.8, 4) is 0 Å². The first-order valence-corrected chi connectivity index (χ1v) is 4.48. The maximum Gasteiger partial charge on any atom is 0.148 e. The summed E-state index contributed by atoms with van der Waals surface area (Å²) in [5, 5.41) is 12.1. The van der Waals surface area contributed by atoms with Crippen molar-refractivity contribution in [1.29, 1.82) is 0 Å². The third-order valence-corrected chi connectivity index (χ3v) is 1.87. The van der Waals surface area contributed by atoms with Crippen LogP contribution in [0.3, 0.4) is 0 Å². The first kappa shape index (κ1) is 9.54. The largest absolute Gasteiger partial charge is 0.390 e. The van der Waals surface area contributed by atoms with Gasteiger partial charge in [0.2, 0.25) is 0 Å². The zero-order valence-electron chi connectivity index (χ0n) is 7.96. The van der Waals surface area contributed by atoms with Crippen molar-refractivity contribution in [1.82, 2.24) is 15.0 Å². The van der Waals surface area contributed by atoms with Gasteiger partial charge in [0.05, 0.1) is 24.2 Å². The first-order chi connectivity index (χ1) is 7.40. The predicted octanol–water partition coefficient (Wildman–Crippen LogP) is 1.11. The van der Waals surface area contributed by atoms with Crippen LogP contribution in [-0.4, -0.2) is 20.1 Å². The van der Waals surface area contributed by atoms with Gasteiger partial charge in [-0.3, -0.25) is 9.97 Å². The lowest BCUT2D eigenvalue weighted by Gasteiger charge is -2.07. The summed E-state index contributed by atoms with van der Waals surface area (Å²) >= 11 is 0. The summed E-state index contributed by atoms with van der Waals surface area (Å²) in [5.41, 5.74) is 1.32. The van der Waals surface area contributed by atoms with Gasteiger partial charge in [-0.25, -0.2) is 4.98 Å². The average molecular weight is 202 g/mol. The molecule has 2 heterocycles. The third kappa shape index (κ3) is 2.26. The molecule has 0 fully saturated rings. The van der Waals surface area contributed by atoms with Crippen LogP contribution in [0.2, 0.25) is 0 Å². The standard InChI is InChI=1S/C10H10N4O/c15-7-9-8(2-1-3-12-9)14-10-6-11-4-5-13-10/h1-6,15H,7H2,(H,13,14). The number of anilines is 2. The molecular formula is C10H10N4O. The van der Waals surface area contributed by atoms with Gasteiger partial charge in [0, 0.05) is 18.6 Å². The minimum atomic E-state index is -0.108. The summed E-state index contributed by atoms with van der Waals surface area (Å²) < 4.78 is 0. The van der Waals surface area contributed by atoms with Crippen LogP contribution in [0, 0.1) is 0 Å². The normalized spacial score (nSPS) is 9.93. The highest BCUT2D eigenvalue weighted by atomic mass is 16.3. The van der Waals surface area contributed by atoms with E-state index in [-0.39, 0.29) is 6.61 Å². The number of aliphatic hydroxyl groups is 1. The van der Waals surface area contributed by atoms with E-state index >= 15 is 0 Å². The molecule has 5 heteroatoms. The van der Waals surface area contributed by atoms with Gasteiger partial charge in [-0.15, -0.1) is 0 Å². The summed E-state index contributed by atoms with van der Waals surface area (Å²) in [6.07, 6.45) is 6.43. The summed E-state index contributed by atoms with van der Waals surface area (Å²) in [6, 6.07) is 3.62. The topological polar surface area (TPSA) is 70.9 Å². The van der Waals surface area contributed by atoms with Crippen molar-refractivity contribution in [3.05, 3.63) is 42.6 Å². The second-order valence-electron chi connectivity index (χ2n) is 2.87. The number of hydrogen-bond acceptors (Lipinski definition) is 5. The van der Waals surface area contributed by atoms with E-state index in [1.54, 1.807) is 30.9 Å². The van der Waals surface area contributed by atoms with Crippen molar-refractivity contribution < 1.29 is 5.11 Å². The fraction of sp³-hybridized carbons (Fsp3) is 0.100. The van der Waals surface area contributed by atoms with Crippen LogP contribution < -0.4 is 5.32 Å². The second kappa shape index (κ2) is 4.47. The quantitative estimate of drug-likeness (QED) is 0.780. The molecule has 0 unspecified atom stereocenters. The van der Waals surface area contributed by atoms with E-state index in [4.69, 9.17) is 5.11 Å². The van der Waals surface area contributed by atoms with Crippen molar-refractivity contribution in [3.63, 3.8) is 0 Å². The number of pyridine rings is 1. The van der Waals surface area contributed by atoms with Crippen LogP contribution in [0.4, 0.5) is 11.5 Å². The number of rotatable bonds is 3. The number of aromatic nitrogens is 3. The molecule has 0 atom stereocenters. The average Bonchev–Trinajstić information content (AvgIpc) is 2.31. The molecule has 0 aliphatic rings. The Kier molecular flexibility index (Phi) is 2.85. The van der Waals surface area contributed by atoms with E-state index in [0.717, 1.165) is 5.69 Å². The molecule has 0 saturated heterocycles. The summed E-state index contributed by atoms with van der Waals surface area (Å²) in [6.45, 7) is -0.108. The minimum absolute atomic E-state index is 0.108. The Morgan fingerprint density at radius 3 is 2.87 bits per heavy atom. The molecule has 0 aromatic carbocycles. The number of nitrogens with zero attached hydrogens (tertiary/aromatic N) is 3. The van der Waals surface area contributed by atoms with E-state index in [9.17, 15) is 0 Å². The maximum absolute atomic E-state index is 9.06. The Morgan fingerprint density at radius 2 is 2.13 bits per heavy atom. The summed E-state index contributed by atoms with van der Waals surface area (Å²) in [4.78, 5) is 12.0. The fourth-order valence-electron chi connectivity index (χ4n) is 1.18. The Balaban J connectivity index is 2.24. The van der Waals surface area contributed by atoms with Gasteiger partial charge < -0.3 is 10.4 Å². The Morgan fingerprint density at radius 1 is 1.20 bits per heavy atom. The highest BCUT2D eigenvalue weighted by molar-refractivity contribution is 5.57. The summed E-state index contributed by atoms with van der Waals surface area (Å²) in [5.74, 6) is 0.625. The van der Waals surface area contributed by atoms with E-state index in [0.29, 0.717) is 11.5 Å². The zero-order valence-corrected chi connectivity index (χ0v) is 7.96. The van der Waals surface area contributed by atoms with Crippen LogP contribution in [0.25, 0.3) is 0 Å². The van der Waals surface area contributed by atoms with E-state index in [2.05, 4.69) is 20.3 Å². The van der Waals surface area contributed by atoms with Crippen molar-refractivity contribution in [2.45, 2.75) is 6.61 Å². The van der Waals surface area contributed by atoms with Gasteiger partial charge in [0.25, 0.3) is 0 Å². The highest BCUT2D eigenvalue weighted by Crippen LogP contribution is 2.16. The Hall–Kier alpha value is -2.01. The third-order valence-electron chi connectivity index (χ3n) is 1.87. The van der Waals surface area contributed by atoms with Crippen LogP contribution >= 0.6 is 0 Å². The maximum atomic E-state index is 9.06. The molecule has 0 saturated carbocycles. The molecule has 15 heavy (non-hydrogen) atoms. The lowest BCUT2D eigenvalue weighted by atomic mass is 10.3. The molecule has 2 rings (SSSR count). The van der Waals surface area contributed by atoms with Crippen LogP contribution in [-0.2, 0) is 6.61 Å². The lowest BCUT2D eigenvalue weighted by Crippen LogP contribution is -1.99. The van der Waals surface area contributed by atoms with Gasteiger partial charge in [0.15, 0.2) is 0 Å². The van der Waals surface area contributed by atoms with E-state index in [1.165, 1.54) is 0 Å². The second-order valence-corrected chi connectivity index (χ2v) is 2.87. The number of nitrogens with one attached hydrogen (secondary N) is 1. The monoisotopic (exact) mass is 202 g/mol.